The van der Waals surface area contributed by atoms with E-state index in [1.54, 1.807) is 11.9 Å². The highest BCUT2D eigenvalue weighted by molar-refractivity contribution is 7.80. The van der Waals surface area contributed by atoms with Crippen LogP contribution < -0.4 is 11.1 Å². The Labute approximate surface area is 71.7 Å². The van der Waals surface area contributed by atoms with Crippen molar-refractivity contribution in [2.75, 3.05) is 20.1 Å². The maximum absolute atomic E-state index is 11.0. The lowest BCUT2D eigenvalue weighted by Crippen LogP contribution is -2.40. The summed E-state index contributed by atoms with van der Waals surface area (Å²) in [5.41, 5.74) is 5.13. The first-order chi connectivity index (χ1) is 5.07. The molecule has 0 aliphatic rings. The van der Waals surface area contributed by atoms with Crippen LogP contribution in [0.2, 0.25) is 0 Å². The maximum atomic E-state index is 11.0. The zero-order valence-corrected chi connectivity index (χ0v) is 7.57. The van der Waals surface area contributed by atoms with E-state index in [1.807, 2.05) is 6.92 Å². The van der Waals surface area contributed by atoms with E-state index in [0.717, 1.165) is 0 Å². The number of nitrogens with two attached hydrogens (primary N) is 1. The predicted octanol–water partition coefficient (Wildman–Crippen LogP) is -0.702. The Hall–Kier alpha value is -0.840. The molecule has 3 N–H and O–H groups in total. The summed E-state index contributed by atoms with van der Waals surface area (Å²) in [6.07, 6.45) is 0. The number of hydrogen-bond acceptors (Lipinski definition) is 2. The summed E-state index contributed by atoms with van der Waals surface area (Å²) < 4.78 is 0. The van der Waals surface area contributed by atoms with Gasteiger partial charge in [0.1, 0.15) is 0 Å². The Balaban J connectivity index is 3.60. The highest BCUT2D eigenvalue weighted by Crippen LogP contribution is 1.80. The van der Waals surface area contributed by atoms with E-state index >= 15 is 0 Å². The van der Waals surface area contributed by atoms with Gasteiger partial charge < -0.3 is 16.0 Å². The SMILES string of the molecule is CCN(C)C(=O)CNC(N)=S. The molecule has 0 radical (unpaired) electrons. The molecule has 11 heavy (non-hydrogen) atoms. The van der Waals surface area contributed by atoms with Crippen molar-refractivity contribution in [3.05, 3.63) is 0 Å². The predicted molar refractivity (Wildman–Crippen MR) is 48.1 cm³/mol. The number of nitrogens with zero attached hydrogens (tertiary/aromatic N) is 1. The summed E-state index contributed by atoms with van der Waals surface area (Å²) in [7, 11) is 1.73. The van der Waals surface area contributed by atoms with Crippen molar-refractivity contribution < 1.29 is 4.79 Å². The van der Waals surface area contributed by atoms with Crippen LogP contribution in [-0.2, 0) is 4.79 Å². The molecule has 64 valence electrons. The summed E-state index contributed by atoms with van der Waals surface area (Å²) in [5.74, 6) is -0.0136. The van der Waals surface area contributed by atoms with Gasteiger partial charge in [-0.15, -0.1) is 0 Å². The molecule has 0 rings (SSSR count). The molecule has 0 saturated heterocycles. The standard InChI is InChI=1S/C6H13N3OS/c1-3-9(2)5(10)4-8-6(7)11/h3-4H2,1-2H3,(H3,7,8,11). The summed E-state index contributed by atoms with van der Waals surface area (Å²) in [6.45, 7) is 2.77. The first-order valence-electron chi connectivity index (χ1n) is 3.35. The first kappa shape index (κ1) is 10.2. The van der Waals surface area contributed by atoms with Crippen molar-refractivity contribution in [1.82, 2.24) is 10.2 Å². The quantitative estimate of drug-likeness (QED) is 0.557. The molecule has 4 nitrogen and oxygen atoms in total. The third-order valence-electron chi connectivity index (χ3n) is 1.31. The molecule has 0 unspecified atom stereocenters. The zero-order chi connectivity index (χ0) is 8.85. The first-order valence-corrected chi connectivity index (χ1v) is 3.76. The fraction of sp³-hybridized carbons (Fsp3) is 0.667. The lowest BCUT2D eigenvalue weighted by atomic mass is 10.5. The van der Waals surface area contributed by atoms with E-state index in [0.29, 0.717) is 6.54 Å². The summed E-state index contributed by atoms with van der Waals surface area (Å²) in [6, 6.07) is 0. The molecule has 0 bridgehead atoms. The van der Waals surface area contributed by atoms with Gasteiger partial charge in [0, 0.05) is 13.6 Å². The largest absolute Gasteiger partial charge is 0.376 e. The lowest BCUT2D eigenvalue weighted by Gasteiger charge is -2.14. The number of amides is 1. The number of thiocarbonyl (C=S) groups is 1. The molecular weight excluding hydrogens is 162 g/mol. The van der Waals surface area contributed by atoms with Crippen LogP contribution in [0, 0.1) is 0 Å². The molecule has 5 heteroatoms. The van der Waals surface area contributed by atoms with Crippen molar-refractivity contribution in [2.24, 2.45) is 5.73 Å². The Bertz CT molecular complexity index is 160. The smallest absolute Gasteiger partial charge is 0.241 e. The molecule has 0 aromatic carbocycles. The highest BCUT2D eigenvalue weighted by atomic mass is 32.1. The van der Waals surface area contributed by atoms with Crippen LogP contribution in [0.1, 0.15) is 6.92 Å². The Morgan fingerprint density at radius 2 is 2.27 bits per heavy atom. The van der Waals surface area contributed by atoms with Crippen molar-refractivity contribution in [3.63, 3.8) is 0 Å². The molecule has 0 aliphatic carbocycles. The molecule has 0 aliphatic heterocycles. The van der Waals surface area contributed by atoms with Gasteiger partial charge in [-0.05, 0) is 19.1 Å². The molecule has 0 atom stereocenters. The van der Waals surface area contributed by atoms with Crippen LogP contribution in [0.15, 0.2) is 0 Å². The minimum Gasteiger partial charge on any atom is -0.376 e. The molecule has 0 fully saturated rings. The number of carbonyl (C=O) groups excluding carboxylic acids is 1. The molecular formula is C6H13N3OS. The Morgan fingerprint density at radius 1 is 1.73 bits per heavy atom. The van der Waals surface area contributed by atoms with Crippen LogP contribution in [-0.4, -0.2) is 36.1 Å². The fourth-order valence-corrected chi connectivity index (χ4v) is 0.546. The van der Waals surface area contributed by atoms with E-state index in [4.69, 9.17) is 5.73 Å². The second-order valence-corrected chi connectivity index (χ2v) is 2.57. The molecule has 0 saturated carbocycles. The molecule has 0 spiro atoms. The Morgan fingerprint density at radius 3 is 2.64 bits per heavy atom. The van der Waals surface area contributed by atoms with Gasteiger partial charge in [-0.3, -0.25) is 4.79 Å². The maximum Gasteiger partial charge on any atom is 0.241 e. The molecule has 0 aromatic rings. The van der Waals surface area contributed by atoms with E-state index in [9.17, 15) is 4.79 Å². The summed E-state index contributed by atoms with van der Waals surface area (Å²) in [4.78, 5) is 12.6. The van der Waals surface area contributed by atoms with Gasteiger partial charge in [0.25, 0.3) is 0 Å². The van der Waals surface area contributed by atoms with Gasteiger partial charge in [-0.2, -0.15) is 0 Å². The van der Waals surface area contributed by atoms with Crippen LogP contribution in [0.3, 0.4) is 0 Å². The number of hydrogen-bond donors (Lipinski definition) is 2. The fourth-order valence-electron chi connectivity index (χ4n) is 0.474. The molecule has 0 heterocycles. The van der Waals surface area contributed by atoms with E-state index < -0.39 is 0 Å². The van der Waals surface area contributed by atoms with Gasteiger partial charge >= 0.3 is 0 Å². The van der Waals surface area contributed by atoms with Gasteiger partial charge in [-0.1, -0.05) is 0 Å². The number of nitrogens with one attached hydrogen (secondary N) is 1. The van der Waals surface area contributed by atoms with E-state index in [-0.39, 0.29) is 17.6 Å². The Kier molecular flexibility index (Phi) is 4.52. The minimum atomic E-state index is -0.0136. The summed E-state index contributed by atoms with van der Waals surface area (Å²) in [5, 5.41) is 2.73. The second-order valence-electron chi connectivity index (χ2n) is 2.13. The number of carbonyl (C=O) groups is 1. The van der Waals surface area contributed by atoms with Crippen LogP contribution in [0.25, 0.3) is 0 Å². The molecule has 0 aromatic heterocycles. The van der Waals surface area contributed by atoms with Crippen molar-refractivity contribution in [1.29, 1.82) is 0 Å². The number of likely N-dealkylation sites (N-methyl/N-ethyl adjacent to an activating group) is 1. The van der Waals surface area contributed by atoms with Crippen molar-refractivity contribution in [3.8, 4) is 0 Å². The monoisotopic (exact) mass is 175 g/mol. The third-order valence-corrected chi connectivity index (χ3v) is 1.46. The van der Waals surface area contributed by atoms with E-state index in [1.165, 1.54) is 0 Å². The van der Waals surface area contributed by atoms with Gasteiger partial charge in [-0.25, -0.2) is 0 Å². The van der Waals surface area contributed by atoms with Crippen LogP contribution in [0.4, 0.5) is 0 Å². The topological polar surface area (TPSA) is 58.4 Å². The van der Waals surface area contributed by atoms with Gasteiger partial charge in [0.05, 0.1) is 6.54 Å². The number of rotatable bonds is 3. The average Bonchev–Trinajstić information content (AvgIpc) is 1.98. The zero-order valence-electron chi connectivity index (χ0n) is 6.76. The average molecular weight is 175 g/mol. The lowest BCUT2D eigenvalue weighted by molar-refractivity contribution is -0.128. The highest BCUT2D eigenvalue weighted by Gasteiger charge is 2.04. The molecule has 1 amide bonds. The second kappa shape index (κ2) is 4.90. The minimum absolute atomic E-state index is 0.0136. The third kappa shape index (κ3) is 4.55. The van der Waals surface area contributed by atoms with Crippen LogP contribution in [0.5, 0.6) is 0 Å². The van der Waals surface area contributed by atoms with Crippen molar-refractivity contribution in [2.45, 2.75) is 6.92 Å². The van der Waals surface area contributed by atoms with Gasteiger partial charge in [0.2, 0.25) is 5.91 Å². The normalized spacial score (nSPS) is 8.91. The van der Waals surface area contributed by atoms with Crippen molar-refractivity contribution >= 4 is 23.2 Å². The van der Waals surface area contributed by atoms with Crippen LogP contribution >= 0.6 is 12.2 Å². The summed E-state index contributed by atoms with van der Waals surface area (Å²) >= 11 is 4.53. The van der Waals surface area contributed by atoms with Gasteiger partial charge in [0.15, 0.2) is 5.11 Å². The van der Waals surface area contributed by atoms with E-state index in [2.05, 4.69) is 17.5 Å².